The Labute approximate surface area is 252 Å². The fourth-order valence-electron chi connectivity index (χ4n) is 5.34. The third-order valence-electron chi connectivity index (χ3n) is 7.87. The maximum atomic E-state index is 13.7. The minimum atomic E-state index is -0.377. The van der Waals surface area contributed by atoms with Crippen molar-refractivity contribution in [3.8, 4) is 16.9 Å². The molecular formula is C35H38N4O4. The second-order valence-electron chi connectivity index (χ2n) is 11.3. The molecule has 0 saturated heterocycles. The first kappa shape index (κ1) is 29.9. The molecule has 2 heterocycles. The summed E-state index contributed by atoms with van der Waals surface area (Å²) in [5.41, 5.74) is 4.86. The van der Waals surface area contributed by atoms with E-state index in [0.29, 0.717) is 35.7 Å². The molecule has 2 amide bonds. The number of hydrogen-bond acceptors (Lipinski definition) is 6. The van der Waals surface area contributed by atoms with Gasteiger partial charge in [-0.25, -0.2) is 0 Å². The Bertz CT molecular complexity index is 1530. The van der Waals surface area contributed by atoms with Gasteiger partial charge in [-0.2, -0.15) is 0 Å². The van der Waals surface area contributed by atoms with Crippen LogP contribution in [0.15, 0.2) is 97.3 Å². The second kappa shape index (κ2) is 13.6. The number of rotatable bonds is 9. The summed E-state index contributed by atoms with van der Waals surface area (Å²) in [7, 11) is 2.07. The van der Waals surface area contributed by atoms with Crippen molar-refractivity contribution in [1.29, 1.82) is 0 Å². The summed E-state index contributed by atoms with van der Waals surface area (Å²) >= 11 is 0. The molecule has 43 heavy (non-hydrogen) atoms. The van der Waals surface area contributed by atoms with Gasteiger partial charge in [-0.05, 0) is 61.0 Å². The van der Waals surface area contributed by atoms with Crippen LogP contribution in [-0.4, -0.2) is 70.6 Å². The standard InChI is InChI=1S/C35H38N4O4/c1-24-20-39(25(2)23-40)35(42)31-19-30(37-34(41)29-15-17-36-18-16-29)13-14-32(31)43-33(24)22-38(3)21-26-9-11-28(12-10-26)27-7-5-4-6-8-27/h4-19,24-25,33,40H,20-23H2,1-3H3,(H,37,41)/t24-,25-,33-/m0/s1. The molecular weight excluding hydrogens is 540 g/mol. The van der Waals surface area contributed by atoms with E-state index in [0.717, 1.165) is 6.54 Å². The van der Waals surface area contributed by atoms with Crippen molar-refractivity contribution in [2.24, 2.45) is 5.92 Å². The summed E-state index contributed by atoms with van der Waals surface area (Å²) in [5.74, 6) is -0.0833. The second-order valence-corrected chi connectivity index (χ2v) is 11.3. The molecule has 0 aliphatic carbocycles. The van der Waals surface area contributed by atoms with E-state index in [1.165, 1.54) is 16.7 Å². The van der Waals surface area contributed by atoms with Crippen LogP contribution in [0.3, 0.4) is 0 Å². The third-order valence-corrected chi connectivity index (χ3v) is 7.87. The first-order valence-corrected chi connectivity index (χ1v) is 14.6. The average molecular weight is 579 g/mol. The number of aromatic nitrogens is 1. The van der Waals surface area contributed by atoms with Crippen LogP contribution in [0.5, 0.6) is 5.75 Å². The lowest BCUT2D eigenvalue weighted by Gasteiger charge is -2.38. The number of aliphatic hydroxyl groups excluding tert-OH is 1. The third kappa shape index (κ3) is 7.28. The molecule has 0 radical (unpaired) electrons. The number of ether oxygens (including phenoxy) is 1. The van der Waals surface area contributed by atoms with E-state index in [2.05, 4.69) is 65.6 Å². The van der Waals surface area contributed by atoms with Gasteiger partial charge in [-0.15, -0.1) is 0 Å². The quantitative estimate of drug-likeness (QED) is 0.278. The van der Waals surface area contributed by atoms with Crippen LogP contribution >= 0.6 is 0 Å². The van der Waals surface area contributed by atoms with Crippen LogP contribution in [0, 0.1) is 5.92 Å². The first-order chi connectivity index (χ1) is 20.8. The van der Waals surface area contributed by atoms with E-state index in [4.69, 9.17) is 4.74 Å². The van der Waals surface area contributed by atoms with Gasteiger partial charge in [0.1, 0.15) is 11.9 Å². The SMILES string of the molecule is C[C@H]1CN([C@@H](C)CO)C(=O)c2cc(NC(=O)c3ccncc3)ccc2O[C@H]1CN(C)Cc1ccc(-c2ccccc2)cc1. The lowest BCUT2D eigenvalue weighted by molar-refractivity contribution is 0.0341. The molecule has 222 valence electrons. The number of anilines is 1. The van der Waals surface area contributed by atoms with Crippen molar-refractivity contribution >= 4 is 17.5 Å². The molecule has 3 atom stereocenters. The van der Waals surface area contributed by atoms with Gasteiger partial charge in [-0.3, -0.25) is 19.5 Å². The van der Waals surface area contributed by atoms with Crippen molar-refractivity contribution in [3.63, 3.8) is 0 Å². The number of fused-ring (bicyclic) bond motifs is 1. The van der Waals surface area contributed by atoms with Gasteiger partial charge in [0.15, 0.2) is 0 Å². The van der Waals surface area contributed by atoms with Gasteiger partial charge in [0.05, 0.1) is 18.2 Å². The number of amides is 2. The number of likely N-dealkylation sites (N-methyl/N-ethyl adjacent to an activating group) is 1. The minimum Gasteiger partial charge on any atom is -0.488 e. The van der Waals surface area contributed by atoms with E-state index in [9.17, 15) is 14.7 Å². The topological polar surface area (TPSA) is 95.0 Å². The van der Waals surface area contributed by atoms with Crippen molar-refractivity contribution in [1.82, 2.24) is 14.8 Å². The van der Waals surface area contributed by atoms with Crippen LogP contribution in [-0.2, 0) is 6.54 Å². The molecule has 3 aromatic carbocycles. The highest BCUT2D eigenvalue weighted by atomic mass is 16.5. The Balaban J connectivity index is 1.34. The monoisotopic (exact) mass is 578 g/mol. The number of nitrogens with zero attached hydrogens (tertiary/aromatic N) is 3. The zero-order chi connectivity index (χ0) is 30.3. The molecule has 1 aromatic heterocycles. The Morgan fingerprint density at radius 1 is 1.05 bits per heavy atom. The Morgan fingerprint density at radius 3 is 2.44 bits per heavy atom. The van der Waals surface area contributed by atoms with E-state index in [1.54, 1.807) is 47.6 Å². The molecule has 1 aliphatic rings. The Hall–Kier alpha value is -4.53. The number of nitrogens with one attached hydrogen (secondary N) is 1. The molecule has 4 aromatic rings. The van der Waals surface area contributed by atoms with Crippen LogP contribution in [0.2, 0.25) is 0 Å². The van der Waals surface area contributed by atoms with Crippen LogP contribution in [0.1, 0.15) is 40.1 Å². The molecule has 8 nitrogen and oxygen atoms in total. The van der Waals surface area contributed by atoms with E-state index in [1.807, 2.05) is 25.1 Å². The number of benzene rings is 3. The first-order valence-electron chi connectivity index (χ1n) is 14.6. The number of carbonyl (C=O) groups is 2. The Kier molecular flexibility index (Phi) is 9.49. The van der Waals surface area contributed by atoms with Gasteiger partial charge in [-0.1, -0.05) is 61.5 Å². The number of pyridine rings is 1. The summed E-state index contributed by atoms with van der Waals surface area (Å²) in [4.78, 5) is 34.4. The lowest BCUT2D eigenvalue weighted by atomic mass is 9.99. The van der Waals surface area contributed by atoms with Gasteiger partial charge in [0.25, 0.3) is 11.8 Å². The van der Waals surface area contributed by atoms with E-state index < -0.39 is 0 Å². The highest BCUT2D eigenvalue weighted by Crippen LogP contribution is 2.31. The number of aliphatic hydroxyl groups is 1. The molecule has 5 rings (SSSR count). The molecule has 0 fully saturated rings. The van der Waals surface area contributed by atoms with Crippen LogP contribution < -0.4 is 10.1 Å². The van der Waals surface area contributed by atoms with Crippen LogP contribution in [0.4, 0.5) is 5.69 Å². The van der Waals surface area contributed by atoms with Gasteiger partial charge < -0.3 is 20.1 Å². The molecule has 0 bridgehead atoms. The van der Waals surface area contributed by atoms with Crippen molar-refractivity contribution in [2.45, 2.75) is 32.5 Å². The highest BCUT2D eigenvalue weighted by Gasteiger charge is 2.33. The molecule has 0 spiro atoms. The predicted octanol–water partition coefficient (Wildman–Crippen LogP) is 5.35. The molecule has 8 heteroatoms. The summed E-state index contributed by atoms with van der Waals surface area (Å²) in [6.45, 7) is 5.56. The van der Waals surface area contributed by atoms with Gasteiger partial charge in [0.2, 0.25) is 0 Å². The van der Waals surface area contributed by atoms with Crippen molar-refractivity contribution < 1.29 is 19.4 Å². The number of hydrogen-bond donors (Lipinski definition) is 2. The predicted molar refractivity (Wildman–Crippen MR) is 168 cm³/mol. The van der Waals surface area contributed by atoms with Crippen molar-refractivity contribution in [2.75, 3.05) is 32.1 Å². The van der Waals surface area contributed by atoms with Gasteiger partial charge >= 0.3 is 0 Å². The summed E-state index contributed by atoms with van der Waals surface area (Å²) in [6, 6.07) is 26.9. The normalized spacial score (nSPS) is 17.4. The molecule has 0 saturated carbocycles. The molecule has 0 unspecified atom stereocenters. The lowest BCUT2D eigenvalue weighted by Crippen LogP contribution is -2.49. The minimum absolute atomic E-state index is 0.0000704. The summed E-state index contributed by atoms with van der Waals surface area (Å²) in [5, 5.41) is 12.8. The zero-order valence-corrected chi connectivity index (χ0v) is 24.8. The van der Waals surface area contributed by atoms with Crippen LogP contribution in [0.25, 0.3) is 11.1 Å². The van der Waals surface area contributed by atoms with Crippen molar-refractivity contribution in [3.05, 3.63) is 114 Å². The Morgan fingerprint density at radius 2 is 1.74 bits per heavy atom. The summed E-state index contributed by atoms with van der Waals surface area (Å²) < 4.78 is 6.54. The average Bonchev–Trinajstić information content (AvgIpc) is 3.03. The van der Waals surface area contributed by atoms with E-state index >= 15 is 0 Å². The zero-order valence-electron chi connectivity index (χ0n) is 24.8. The maximum Gasteiger partial charge on any atom is 0.258 e. The fraction of sp³-hybridized carbons (Fsp3) is 0.286. The smallest absolute Gasteiger partial charge is 0.258 e. The largest absolute Gasteiger partial charge is 0.488 e. The number of carbonyl (C=O) groups excluding carboxylic acids is 2. The fourth-order valence-corrected chi connectivity index (χ4v) is 5.34. The maximum absolute atomic E-state index is 13.7. The molecule has 1 aliphatic heterocycles. The highest BCUT2D eigenvalue weighted by molar-refractivity contribution is 6.05. The van der Waals surface area contributed by atoms with Gasteiger partial charge in [0, 0.05) is 49.2 Å². The van der Waals surface area contributed by atoms with E-state index in [-0.39, 0.29) is 36.5 Å². The summed E-state index contributed by atoms with van der Waals surface area (Å²) in [6.07, 6.45) is 2.89. The molecule has 2 N–H and O–H groups in total.